The van der Waals surface area contributed by atoms with Gasteiger partial charge in [0, 0.05) is 34.4 Å². The fourth-order valence-electron chi connectivity index (χ4n) is 5.14. The molecular formula is C28H45N3O4. The van der Waals surface area contributed by atoms with Crippen molar-refractivity contribution in [3.63, 3.8) is 0 Å². The van der Waals surface area contributed by atoms with Crippen LogP contribution in [-0.4, -0.2) is 80.3 Å². The number of methoxy groups -OCH3 is 2. The van der Waals surface area contributed by atoms with Gasteiger partial charge in [-0.3, -0.25) is 9.59 Å². The minimum atomic E-state index is -0.333. The minimum Gasteiger partial charge on any atom is -0.379 e. The largest absolute Gasteiger partial charge is 0.379 e. The van der Waals surface area contributed by atoms with E-state index in [9.17, 15) is 9.59 Å². The summed E-state index contributed by atoms with van der Waals surface area (Å²) in [7, 11) is 5.28. The van der Waals surface area contributed by atoms with Crippen LogP contribution in [0.4, 0.5) is 0 Å². The third-order valence-corrected chi connectivity index (χ3v) is 7.36. The average Bonchev–Trinajstić information content (AvgIpc) is 3.37. The fourth-order valence-corrected chi connectivity index (χ4v) is 5.14. The van der Waals surface area contributed by atoms with Crippen LogP contribution in [0.2, 0.25) is 0 Å². The maximum Gasteiger partial charge on any atom is 0.225 e. The van der Waals surface area contributed by atoms with Crippen molar-refractivity contribution in [3.05, 3.63) is 48.7 Å². The van der Waals surface area contributed by atoms with E-state index in [2.05, 4.69) is 42.8 Å². The zero-order valence-electron chi connectivity index (χ0n) is 22.2. The number of benzene rings is 1. The Morgan fingerprint density at radius 3 is 2.54 bits per heavy atom. The van der Waals surface area contributed by atoms with Crippen LogP contribution in [0, 0.1) is 5.92 Å². The molecule has 1 saturated heterocycles. The van der Waals surface area contributed by atoms with Gasteiger partial charge in [-0.2, -0.15) is 0 Å². The Hall–Kier alpha value is -2.38. The quantitative estimate of drug-likeness (QED) is 0.409. The van der Waals surface area contributed by atoms with Crippen LogP contribution in [0.15, 0.2) is 43.1 Å². The number of likely N-dealkylation sites (tertiary alicyclic amines) is 1. The summed E-state index contributed by atoms with van der Waals surface area (Å²) in [6, 6.07) is 10.0. The van der Waals surface area contributed by atoms with Gasteiger partial charge in [0.2, 0.25) is 11.8 Å². The van der Waals surface area contributed by atoms with Crippen molar-refractivity contribution in [2.45, 2.75) is 76.7 Å². The molecule has 1 aromatic rings. The number of nitrogens with one attached hydrogen (secondary N) is 1. The van der Waals surface area contributed by atoms with Crippen molar-refractivity contribution in [1.29, 1.82) is 0 Å². The molecule has 1 aliphatic rings. The summed E-state index contributed by atoms with van der Waals surface area (Å²) in [5.41, 5.74) is 1.19. The highest BCUT2D eigenvalue weighted by Crippen LogP contribution is 2.27. The standard InChI is InChI=1S/C28H45N3O4/c1-7-21(3)28(30(4)8-2)25(35-6)20-27(33)31-18-12-15-23(31)24(34-5)19-26(32)29-17-16-22-13-10-9-11-14-22/h8-11,13-14,21,23-25,28H,2,7,12,15-20H2,1,3-6H3,(H,29,32). The molecule has 0 aromatic heterocycles. The zero-order chi connectivity index (χ0) is 25.8. The van der Waals surface area contributed by atoms with Crippen molar-refractivity contribution in [1.82, 2.24) is 15.1 Å². The average molecular weight is 488 g/mol. The maximum atomic E-state index is 13.4. The second kappa shape index (κ2) is 14.9. The predicted octanol–water partition coefficient (Wildman–Crippen LogP) is 3.64. The van der Waals surface area contributed by atoms with Crippen LogP contribution in [-0.2, 0) is 25.5 Å². The Labute approximate surface area is 211 Å². The number of ether oxygens (including phenoxy) is 2. The summed E-state index contributed by atoms with van der Waals surface area (Å²) in [4.78, 5) is 30.0. The molecule has 7 nitrogen and oxygen atoms in total. The van der Waals surface area contributed by atoms with Crippen molar-refractivity contribution in [2.24, 2.45) is 5.92 Å². The second-order valence-electron chi connectivity index (χ2n) is 9.56. The molecule has 5 atom stereocenters. The smallest absolute Gasteiger partial charge is 0.225 e. The van der Waals surface area contributed by atoms with E-state index in [-0.39, 0.29) is 42.5 Å². The first-order chi connectivity index (χ1) is 16.9. The van der Waals surface area contributed by atoms with Gasteiger partial charge in [0.25, 0.3) is 0 Å². The monoisotopic (exact) mass is 487 g/mol. The number of carbonyl (C=O) groups excluding carboxylic acids is 2. The lowest BCUT2D eigenvalue weighted by Crippen LogP contribution is -2.49. The lowest BCUT2D eigenvalue weighted by atomic mass is 9.91. The number of hydrogen-bond donors (Lipinski definition) is 1. The molecule has 7 heteroatoms. The second-order valence-corrected chi connectivity index (χ2v) is 9.56. The topological polar surface area (TPSA) is 71.1 Å². The molecule has 1 heterocycles. The lowest BCUT2D eigenvalue weighted by molar-refractivity contribution is -0.140. The van der Waals surface area contributed by atoms with Crippen LogP contribution < -0.4 is 5.32 Å². The summed E-state index contributed by atoms with van der Waals surface area (Å²) in [6.07, 6.45) is 5.25. The number of rotatable bonds is 15. The van der Waals surface area contributed by atoms with Gasteiger partial charge in [-0.05, 0) is 36.9 Å². The van der Waals surface area contributed by atoms with Gasteiger partial charge in [0.1, 0.15) is 0 Å². The lowest BCUT2D eigenvalue weighted by Gasteiger charge is -2.38. The molecule has 0 spiro atoms. The van der Waals surface area contributed by atoms with Crippen LogP contribution in [0.3, 0.4) is 0 Å². The van der Waals surface area contributed by atoms with E-state index in [0.717, 1.165) is 25.7 Å². The number of nitrogens with zero attached hydrogens (tertiary/aromatic N) is 2. The van der Waals surface area contributed by atoms with Crippen molar-refractivity contribution in [3.8, 4) is 0 Å². The van der Waals surface area contributed by atoms with E-state index in [4.69, 9.17) is 9.47 Å². The van der Waals surface area contributed by atoms with Crippen LogP contribution >= 0.6 is 0 Å². The van der Waals surface area contributed by atoms with E-state index in [1.165, 1.54) is 5.56 Å². The third-order valence-electron chi connectivity index (χ3n) is 7.36. The third kappa shape index (κ3) is 8.36. The molecule has 196 valence electrons. The number of hydrogen-bond acceptors (Lipinski definition) is 5. The number of likely N-dealkylation sites (N-methyl/N-ethyl adjacent to an activating group) is 1. The molecule has 1 aromatic carbocycles. The molecule has 5 unspecified atom stereocenters. The minimum absolute atomic E-state index is 0.0497. The Balaban J connectivity index is 1.97. The fraction of sp³-hybridized carbons (Fsp3) is 0.643. The maximum absolute atomic E-state index is 13.4. The Bertz CT molecular complexity index is 788. The first-order valence-electron chi connectivity index (χ1n) is 12.9. The predicted molar refractivity (Wildman–Crippen MR) is 140 cm³/mol. The Morgan fingerprint density at radius 1 is 1.23 bits per heavy atom. The summed E-state index contributed by atoms with van der Waals surface area (Å²) >= 11 is 0. The van der Waals surface area contributed by atoms with Gasteiger partial charge in [0.15, 0.2) is 0 Å². The van der Waals surface area contributed by atoms with Gasteiger partial charge in [-0.1, -0.05) is 57.2 Å². The van der Waals surface area contributed by atoms with E-state index >= 15 is 0 Å². The van der Waals surface area contributed by atoms with Gasteiger partial charge >= 0.3 is 0 Å². The van der Waals surface area contributed by atoms with Crippen LogP contribution in [0.1, 0.15) is 51.5 Å². The normalized spacial score (nSPS) is 19.0. The first-order valence-corrected chi connectivity index (χ1v) is 12.9. The molecule has 0 bridgehead atoms. The highest BCUT2D eigenvalue weighted by atomic mass is 16.5. The molecule has 1 aliphatic heterocycles. The molecule has 0 aliphatic carbocycles. The van der Waals surface area contributed by atoms with Crippen LogP contribution in [0.5, 0.6) is 0 Å². The molecule has 2 rings (SSSR count). The van der Waals surface area contributed by atoms with Crippen molar-refractivity contribution < 1.29 is 19.1 Å². The van der Waals surface area contributed by atoms with E-state index in [0.29, 0.717) is 25.4 Å². The first kappa shape index (κ1) is 28.9. The molecular weight excluding hydrogens is 442 g/mol. The SMILES string of the molecule is C=CN(C)C(C(C)CC)C(CC(=O)N1CCCC1C(CC(=O)NCCc1ccccc1)OC)OC. The van der Waals surface area contributed by atoms with Crippen LogP contribution in [0.25, 0.3) is 0 Å². The Kier molecular flexibility index (Phi) is 12.3. The zero-order valence-corrected chi connectivity index (χ0v) is 22.2. The van der Waals surface area contributed by atoms with Crippen molar-refractivity contribution in [2.75, 3.05) is 34.4 Å². The van der Waals surface area contributed by atoms with Crippen molar-refractivity contribution >= 4 is 11.8 Å². The number of amides is 2. The summed E-state index contributed by atoms with van der Waals surface area (Å²) in [5.74, 6) is 0.347. The summed E-state index contributed by atoms with van der Waals surface area (Å²) in [6.45, 7) is 9.49. The van der Waals surface area contributed by atoms with E-state index in [1.807, 2.05) is 30.1 Å². The molecule has 0 saturated carbocycles. The van der Waals surface area contributed by atoms with E-state index < -0.39 is 0 Å². The molecule has 1 fully saturated rings. The van der Waals surface area contributed by atoms with Gasteiger partial charge in [0.05, 0.1) is 37.1 Å². The molecule has 2 amide bonds. The summed E-state index contributed by atoms with van der Waals surface area (Å²) < 4.78 is 11.6. The highest BCUT2D eigenvalue weighted by Gasteiger charge is 2.38. The molecule has 35 heavy (non-hydrogen) atoms. The van der Waals surface area contributed by atoms with Gasteiger partial charge in [-0.15, -0.1) is 0 Å². The van der Waals surface area contributed by atoms with E-state index in [1.54, 1.807) is 20.4 Å². The molecule has 1 N–H and O–H groups in total. The van der Waals surface area contributed by atoms with Gasteiger partial charge in [-0.25, -0.2) is 0 Å². The Morgan fingerprint density at radius 2 is 1.94 bits per heavy atom. The summed E-state index contributed by atoms with van der Waals surface area (Å²) in [5, 5.41) is 3.00. The molecule has 0 radical (unpaired) electrons. The number of carbonyl (C=O) groups is 2. The van der Waals surface area contributed by atoms with Gasteiger partial charge < -0.3 is 24.6 Å². The highest BCUT2D eigenvalue weighted by molar-refractivity contribution is 5.79.